The third kappa shape index (κ3) is 3.54. The molecule has 2 aromatic carbocycles. The molecular formula is C21H16N4O5. The SMILES string of the molecule is C#CCn1c(O)c(N=NC(=O)CNC(=O)c2ccc3c(c2)OCO3)c2ccccc21. The van der Waals surface area contributed by atoms with E-state index in [2.05, 4.69) is 21.5 Å². The van der Waals surface area contributed by atoms with Crippen LogP contribution in [-0.2, 0) is 11.3 Å². The summed E-state index contributed by atoms with van der Waals surface area (Å²) >= 11 is 0. The molecule has 0 unspecified atom stereocenters. The molecular weight excluding hydrogens is 388 g/mol. The van der Waals surface area contributed by atoms with Crippen molar-refractivity contribution in [1.29, 1.82) is 0 Å². The summed E-state index contributed by atoms with van der Waals surface area (Å²) in [5.41, 5.74) is 1.13. The van der Waals surface area contributed by atoms with Crippen LogP contribution < -0.4 is 14.8 Å². The van der Waals surface area contributed by atoms with E-state index in [1.165, 1.54) is 10.6 Å². The molecule has 30 heavy (non-hydrogen) atoms. The van der Waals surface area contributed by atoms with Crippen molar-refractivity contribution >= 4 is 28.4 Å². The van der Waals surface area contributed by atoms with Gasteiger partial charge in [0, 0.05) is 10.9 Å². The number of ether oxygens (including phenoxy) is 2. The fraction of sp³-hybridized carbons (Fsp3) is 0.143. The topological polar surface area (TPSA) is 115 Å². The number of carbonyl (C=O) groups is 2. The highest BCUT2D eigenvalue weighted by Gasteiger charge is 2.18. The lowest BCUT2D eigenvalue weighted by molar-refractivity contribution is -0.117. The van der Waals surface area contributed by atoms with E-state index in [9.17, 15) is 14.7 Å². The molecule has 9 heteroatoms. The number of benzene rings is 2. The molecule has 4 rings (SSSR count). The minimum atomic E-state index is -0.683. The molecule has 0 bridgehead atoms. The third-order valence-corrected chi connectivity index (χ3v) is 4.46. The average Bonchev–Trinajstić information content (AvgIpc) is 3.33. The molecule has 0 atom stereocenters. The molecule has 9 nitrogen and oxygen atoms in total. The molecule has 1 aliphatic heterocycles. The van der Waals surface area contributed by atoms with Gasteiger partial charge in [-0.2, -0.15) is 0 Å². The zero-order valence-corrected chi connectivity index (χ0v) is 15.7. The highest BCUT2D eigenvalue weighted by molar-refractivity contribution is 5.97. The van der Waals surface area contributed by atoms with Gasteiger partial charge in [0.15, 0.2) is 17.2 Å². The first-order chi connectivity index (χ1) is 14.6. The van der Waals surface area contributed by atoms with Crippen molar-refractivity contribution in [3.05, 3.63) is 48.0 Å². The van der Waals surface area contributed by atoms with Gasteiger partial charge in [0.25, 0.3) is 11.8 Å². The lowest BCUT2D eigenvalue weighted by atomic mass is 10.2. The van der Waals surface area contributed by atoms with Crippen LogP contribution in [0.1, 0.15) is 10.4 Å². The first kappa shape index (κ1) is 19.0. The van der Waals surface area contributed by atoms with E-state index in [4.69, 9.17) is 15.9 Å². The number of hydrogen-bond donors (Lipinski definition) is 2. The molecule has 0 aliphatic carbocycles. The molecule has 3 aromatic rings. The van der Waals surface area contributed by atoms with Crippen LogP contribution in [0.15, 0.2) is 52.7 Å². The van der Waals surface area contributed by atoms with Gasteiger partial charge in [-0.15, -0.1) is 16.7 Å². The maximum Gasteiger partial charge on any atom is 0.283 e. The highest BCUT2D eigenvalue weighted by Crippen LogP contribution is 2.38. The number of azo groups is 1. The van der Waals surface area contributed by atoms with E-state index < -0.39 is 11.8 Å². The molecule has 2 heterocycles. The smallest absolute Gasteiger partial charge is 0.283 e. The molecule has 0 spiro atoms. The Bertz CT molecular complexity index is 1220. The predicted octanol–water partition coefficient (Wildman–Crippen LogP) is 2.75. The quantitative estimate of drug-likeness (QED) is 0.501. The van der Waals surface area contributed by atoms with Gasteiger partial charge >= 0.3 is 0 Å². The minimum absolute atomic E-state index is 0.101. The summed E-state index contributed by atoms with van der Waals surface area (Å²) in [5.74, 6) is 2.14. The van der Waals surface area contributed by atoms with Crippen molar-refractivity contribution in [2.75, 3.05) is 13.3 Å². The van der Waals surface area contributed by atoms with Crippen LogP contribution in [0.25, 0.3) is 10.9 Å². The second kappa shape index (κ2) is 7.97. The maximum absolute atomic E-state index is 12.2. The van der Waals surface area contributed by atoms with Gasteiger partial charge in [0.05, 0.1) is 12.1 Å². The van der Waals surface area contributed by atoms with Crippen molar-refractivity contribution in [3.8, 4) is 29.7 Å². The molecule has 1 aliphatic rings. The second-order valence-electron chi connectivity index (χ2n) is 6.32. The van der Waals surface area contributed by atoms with Gasteiger partial charge in [-0.3, -0.25) is 14.2 Å². The number of terminal acetylenes is 1. The summed E-state index contributed by atoms with van der Waals surface area (Å²) in [6, 6.07) is 11.8. The molecule has 0 fully saturated rings. The van der Waals surface area contributed by atoms with Gasteiger partial charge < -0.3 is 19.9 Å². The Morgan fingerprint density at radius 3 is 2.83 bits per heavy atom. The van der Waals surface area contributed by atoms with E-state index in [-0.39, 0.29) is 31.4 Å². The van der Waals surface area contributed by atoms with Crippen molar-refractivity contribution in [2.45, 2.75) is 6.54 Å². The lowest BCUT2D eigenvalue weighted by Gasteiger charge is -2.03. The van der Waals surface area contributed by atoms with Crippen LogP contribution >= 0.6 is 0 Å². The lowest BCUT2D eigenvalue weighted by Crippen LogP contribution is -2.28. The van der Waals surface area contributed by atoms with Crippen LogP contribution in [0, 0.1) is 12.3 Å². The molecule has 0 saturated carbocycles. The zero-order chi connectivity index (χ0) is 21.1. The standard InChI is InChI=1S/C21H16N4O5/c1-2-9-25-15-6-4-3-5-14(15)19(21(25)28)24-23-18(26)11-22-20(27)13-7-8-16-17(10-13)30-12-29-16/h1,3-8,10,28H,9,11-12H2,(H,22,27). The number of carbonyl (C=O) groups excluding carboxylic acids is 2. The number of nitrogens with one attached hydrogen (secondary N) is 1. The van der Waals surface area contributed by atoms with Crippen molar-refractivity contribution in [1.82, 2.24) is 9.88 Å². The number of nitrogens with zero attached hydrogens (tertiary/aromatic N) is 3. The summed E-state index contributed by atoms with van der Waals surface area (Å²) in [4.78, 5) is 24.3. The van der Waals surface area contributed by atoms with Crippen LogP contribution in [0.4, 0.5) is 5.69 Å². The first-order valence-corrected chi connectivity index (χ1v) is 8.94. The molecule has 1 aromatic heterocycles. The normalized spacial score (nSPS) is 12.2. The molecule has 2 N–H and O–H groups in total. The third-order valence-electron chi connectivity index (χ3n) is 4.46. The van der Waals surface area contributed by atoms with E-state index >= 15 is 0 Å². The summed E-state index contributed by atoms with van der Waals surface area (Å²) in [6.45, 7) is -0.119. The Morgan fingerprint density at radius 1 is 1.20 bits per heavy atom. The molecule has 150 valence electrons. The average molecular weight is 404 g/mol. The van der Waals surface area contributed by atoms with E-state index in [1.54, 1.807) is 36.4 Å². The van der Waals surface area contributed by atoms with Crippen LogP contribution in [-0.4, -0.2) is 34.8 Å². The van der Waals surface area contributed by atoms with Crippen LogP contribution in [0.3, 0.4) is 0 Å². The van der Waals surface area contributed by atoms with Gasteiger partial charge in [0.1, 0.15) is 6.54 Å². The van der Waals surface area contributed by atoms with Crippen molar-refractivity contribution in [3.63, 3.8) is 0 Å². The Kier molecular flexibility index (Phi) is 5.05. The highest BCUT2D eigenvalue weighted by atomic mass is 16.7. The first-order valence-electron chi connectivity index (χ1n) is 8.94. The maximum atomic E-state index is 12.2. The van der Waals surface area contributed by atoms with Gasteiger partial charge in [-0.05, 0) is 24.3 Å². The summed E-state index contributed by atoms with van der Waals surface area (Å²) in [7, 11) is 0. The largest absolute Gasteiger partial charge is 0.493 e. The monoisotopic (exact) mass is 404 g/mol. The molecule has 0 radical (unpaired) electrons. The number of aromatic nitrogens is 1. The molecule has 0 saturated heterocycles. The fourth-order valence-corrected chi connectivity index (χ4v) is 3.06. The Balaban J connectivity index is 1.45. The van der Waals surface area contributed by atoms with Gasteiger partial charge in [-0.25, -0.2) is 0 Å². The van der Waals surface area contributed by atoms with Crippen molar-refractivity contribution in [2.24, 2.45) is 10.2 Å². The summed E-state index contributed by atoms with van der Waals surface area (Å²) in [5, 5.41) is 21.0. The van der Waals surface area contributed by atoms with E-state index in [0.717, 1.165) is 0 Å². The summed E-state index contributed by atoms with van der Waals surface area (Å²) in [6.07, 6.45) is 5.35. The van der Waals surface area contributed by atoms with Crippen LogP contribution in [0.2, 0.25) is 0 Å². The number of fused-ring (bicyclic) bond motifs is 2. The van der Waals surface area contributed by atoms with E-state index in [1.807, 2.05) is 0 Å². The zero-order valence-electron chi connectivity index (χ0n) is 15.7. The Labute approximate surface area is 170 Å². The Morgan fingerprint density at radius 2 is 2.00 bits per heavy atom. The second-order valence-corrected chi connectivity index (χ2v) is 6.32. The van der Waals surface area contributed by atoms with Crippen molar-refractivity contribution < 1.29 is 24.2 Å². The minimum Gasteiger partial charge on any atom is -0.493 e. The summed E-state index contributed by atoms with van der Waals surface area (Å²) < 4.78 is 11.9. The number of aromatic hydroxyl groups is 1. The van der Waals surface area contributed by atoms with Crippen LogP contribution in [0.5, 0.6) is 17.4 Å². The fourth-order valence-electron chi connectivity index (χ4n) is 3.06. The van der Waals surface area contributed by atoms with Gasteiger partial charge in [-0.1, -0.05) is 24.1 Å². The number of hydrogen-bond acceptors (Lipinski definition) is 6. The Hall–Kier alpha value is -4.32. The predicted molar refractivity (Wildman–Crippen MR) is 107 cm³/mol. The number of amides is 2. The number of rotatable bonds is 5. The van der Waals surface area contributed by atoms with E-state index in [0.29, 0.717) is 28.0 Å². The molecule has 2 amide bonds. The number of para-hydroxylation sites is 1. The van der Waals surface area contributed by atoms with Gasteiger partial charge in [0.2, 0.25) is 12.7 Å².